The van der Waals surface area contributed by atoms with Gasteiger partial charge in [0.05, 0.1) is 22.1 Å². The molecule has 0 aliphatic heterocycles. The zero-order valence-electron chi connectivity index (χ0n) is 33.1. The van der Waals surface area contributed by atoms with Crippen molar-refractivity contribution in [3.8, 4) is 33.4 Å². The van der Waals surface area contributed by atoms with Gasteiger partial charge in [-0.15, -0.1) is 0 Å². The van der Waals surface area contributed by atoms with Crippen LogP contribution in [0.1, 0.15) is 5.56 Å². The van der Waals surface area contributed by atoms with Crippen molar-refractivity contribution in [3.63, 3.8) is 0 Å². The van der Waals surface area contributed by atoms with Crippen molar-refractivity contribution in [2.45, 2.75) is 6.92 Å². The van der Waals surface area contributed by atoms with E-state index in [1.165, 1.54) is 37.9 Å². The Labute approximate surface area is 349 Å². The van der Waals surface area contributed by atoms with Crippen LogP contribution >= 0.6 is 0 Å². The smallest absolute Gasteiger partial charge is 0.263 e. The second kappa shape index (κ2) is 12.5. The third-order valence-electron chi connectivity index (χ3n) is 13.3. The van der Waals surface area contributed by atoms with Crippen molar-refractivity contribution in [2.75, 3.05) is 0 Å². The molecule has 3 aromatic heterocycles. The summed E-state index contributed by atoms with van der Waals surface area (Å²) in [6.07, 6.45) is 0.943. The maximum atomic E-state index is 13.9. The number of aryl methyl sites for hydroxylation is 1. The molecule has 10 aromatic carbocycles. The number of rotatable bonds is 4. The Morgan fingerprint density at radius 1 is 0.361 bits per heavy atom. The zero-order valence-corrected chi connectivity index (χ0v) is 33.1. The van der Waals surface area contributed by atoms with Crippen LogP contribution in [0.3, 0.4) is 0 Å². The van der Waals surface area contributed by atoms with Crippen LogP contribution in [0, 0.1) is 6.92 Å². The highest BCUT2D eigenvalue weighted by molar-refractivity contribution is 6.27. The summed E-state index contributed by atoms with van der Waals surface area (Å²) in [4.78, 5) is 26.7. The molecule has 13 rings (SSSR count). The summed E-state index contributed by atoms with van der Waals surface area (Å²) in [6, 6.07) is 64.3. The maximum absolute atomic E-state index is 13.9. The molecular formula is C57H34N2O2. The van der Waals surface area contributed by atoms with Crippen LogP contribution in [0.2, 0.25) is 0 Å². The highest BCUT2D eigenvalue weighted by Crippen LogP contribution is 2.42. The fourth-order valence-corrected chi connectivity index (χ4v) is 10.5. The lowest BCUT2D eigenvalue weighted by atomic mass is 9.90. The van der Waals surface area contributed by atoms with Crippen molar-refractivity contribution < 1.29 is 4.79 Å². The molecule has 0 spiro atoms. The van der Waals surface area contributed by atoms with E-state index in [4.69, 9.17) is 0 Å². The summed E-state index contributed by atoms with van der Waals surface area (Å²) in [5.74, 6) is 0. The van der Waals surface area contributed by atoms with Crippen molar-refractivity contribution >= 4 is 98.5 Å². The van der Waals surface area contributed by atoms with E-state index in [2.05, 4.69) is 171 Å². The van der Waals surface area contributed by atoms with E-state index in [0.29, 0.717) is 0 Å². The normalized spacial score (nSPS) is 12.1. The SMILES string of the molecule is Cc1ccccc1-c1cccc2c3cc(-c4ccc5c6ccc(-c7ccc8c(c7)c7cccc9c%10ccccc%10c(=O)n8c97)cc6c6ccccc6c5c4)ccc3n(C=O)c12. The van der Waals surface area contributed by atoms with E-state index in [1.54, 1.807) is 4.57 Å². The summed E-state index contributed by atoms with van der Waals surface area (Å²) < 4.78 is 3.71. The summed E-state index contributed by atoms with van der Waals surface area (Å²) in [5, 5.41) is 14.3. The lowest BCUT2D eigenvalue weighted by Gasteiger charge is -2.14. The van der Waals surface area contributed by atoms with Crippen LogP contribution in [0.5, 0.6) is 0 Å². The van der Waals surface area contributed by atoms with E-state index < -0.39 is 0 Å². The summed E-state index contributed by atoms with van der Waals surface area (Å²) in [5.41, 5.74) is 11.6. The second-order valence-electron chi connectivity index (χ2n) is 16.4. The van der Waals surface area contributed by atoms with Crippen molar-refractivity contribution in [1.29, 1.82) is 0 Å². The molecule has 0 N–H and O–H groups in total. The minimum Gasteiger partial charge on any atom is -0.282 e. The predicted molar refractivity (Wildman–Crippen MR) is 256 cm³/mol. The standard InChI is InChI=1S/C57H34N2O2/c1-33-10-2-3-11-38(33)44-16-8-18-46-51-30-36(22-26-53(51)58(32-60)55(44)46)34-20-24-42-43-25-21-35(29-50(43)40-13-5-4-12-39(40)49(42)28-34)37-23-27-54-52(31-37)47-19-9-17-45-41-14-6-7-15-48(41)57(61)59(54)56(45)47/h2-32H,1H3. The third kappa shape index (κ3) is 4.64. The van der Waals surface area contributed by atoms with Crippen LogP contribution in [-0.2, 0) is 4.79 Å². The lowest BCUT2D eigenvalue weighted by molar-refractivity contribution is 0.550. The largest absolute Gasteiger partial charge is 0.282 e. The highest BCUT2D eigenvalue weighted by Gasteiger charge is 2.20. The average Bonchev–Trinajstić information content (AvgIpc) is 3.83. The first kappa shape index (κ1) is 33.8. The Hall–Kier alpha value is -8.08. The number of carbonyl (C=O) groups is 1. The number of carbonyl (C=O) groups excluding carboxylic acids is 1. The Kier molecular flexibility index (Phi) is 6.92. The van der Waals surface area contributed by atoms with E-state index in [9.17, 15) is 9.59 Å². The van der Waals surface area contributed by atoms with Crippen LogP contribution in [-0.4, -0.2) is 15.4 Å². The Morgan fingerprint density at radius 3 is 1.41 bits per heavy atom. The number of para-hydroxylation sites is 2. The van der Waals surface area contributed by atoms with Gasteiger partial charge >= 0.3 is 0 Å². The Balaban J connectivity index is 0.968. The summed E-state index contributed by atoms with van der Waals surface area (Å²) >= 11 is 0. The van der Waals surface area contributed by atoms with E-state index in [-0.39, 0.29) is 5.56 Å². The first-order valence-electron chi connectivity index (χ1n) is 20.7. The van der Waals surface area contributed by atoms with Gasteiger partial charge in [0.2, 0.25) is 6.41 Å². The van der Waals surface area contributed by atoms with Gasteiger partial charge in [-0.05, 0) is 120 Å². The van der Waals surface area contributed by atoms with Gasteiger partial charge in [-0.3, -0.25) is 18.6 Å². The molecule has 0 fully saturated rings. The number of fused-ring (bicyclic) bond motifs is 14. The molecule has 0 amide bonds. The molecule has 284 valence electrons. The number of aromatic nitrogens is 2. The van der Waals surface area contributed by atoms with Crippen LogP contribution in [0.15, 0.2) is 187 Å². The lowest BCUT2D eigenvalue weighted by Crippen LogP contribution is -2.12. The molecular weight excluding hydrogens is 745 g/mol. The number of pyridine rings is 1. The van der Waals surface area contributed by atoms with Crippen LogP contribution in [0.4, 0.5) is 0 Å². The fourth-order valence-electron chi connectivity index (χ4n) is 10.5. The summed E-state index contributed by atoms with van der Waals surface area (Å²) in [6.45, 7) is 2.12. The average molecular weight is 779 g/mol. The number of hydrogen-bond acceptors (Lipinski definition) is 2. The predicted octanol–water partition coefficient (Wildman–Crippen LogP) is 14.1. The summed E-state index contributed by atoms with van der Waals surface area (Å²) in [7, 11) is 0. The number of nitrogens with zero attached hydrogens (tertiary/aromatic N) is 2. The van der Waals surface area contributed by atoms with Crippen LogP contribution < -0.4 is 5.56 Å². The van der Waals surface area contributed by atoms with Gasteiger partial charge in [0.25, 0.3) is 5.56 Å². The molecule has 0 aliphatic carbocycles. The maximum Gasteiger partial charge on any atom is 0.263 e. The molecule has 0 atom stereocenters. The molecule has 0 radical (unpaired) electrons. The van der Waals surface area contributed by atoms with Gasteiger partial charge in [-0.25, -0.2) is 0 Å². The van der Waals surface area contributed by atoms with Crippen molar-refractivity contribution in [2.24, 2.45) is 0 Å². The first-order valence-corrected chi connectivity index (χ1v) is 20.7. The monoisotopic (exact) mass is 778 g/mol. The first-order chi connectivity index (χ1) is 30.1. The highest BCUT2D eigenvalue weighted by atomic mass is 16.1. The van der Waals surface area contributed by atoms with E-state index in [0.717, 1.165) is 99.6 Å². The molecule has 3 heterocycles. The van der Waals surface area contributed by atoms with Crippen molar-refractivity contribution in [3.05, 3.63) is 198 Å². The fraction of sp³-hybridized carbons (Fsp3) is 0.0175. The van der Waals surface area contributed by atoms with Gasteiger partial charge in [-0.2, -0.15) is 0 Å². The van der Waals surface area contributed by atoms with Gasteiger partial charge in [0.1, 0.15) is 0 Å². The molecule has 4 nitrogen and oxygen atoms in total. The van der Waals surface area contributed by atoms with E-state index in [1.807, 2.05) is 22.6 Å². The number of benzene rings is 10. The molecule has 0 unspecified atom stereocenters. The third-order valence-corrected chi connectivity index (χ3v) is 13.3. The van der Waals surface area contributed by atoms with Gasteiger partial charge in [0.15, 0.2) is 0 Å². The van der Waals surface area contributed by atoms with Gasteiger partial charge < -0.3 is 0 Å². The Morgan fingerprint density at radius 2 is 0.787 bits per heavy atom. The zero-order chi connectivity index (χ0) is 40.5. The number of hydrogen-bond donors (Lipinski definition) is 0. The molecule has 0 aliphatic rings. The Bertz CT molecular complexity index is 4090. The van der Waals surface area contributed by atoms with Gasteiger partial charge in [-0.1, -0.05) is 140 Å². The van der Waals surface area contributed by atoms with Gasteiger partial charge in [0, 0.05) is 37.9 Å². The van der Waals surface area contributed by atoms with E-state index >= 15 is 0 Å². The topological polar surface area (TPSA) is 43.5 Å². The molecule has 61 heavy (non-hydrogen) atoms. The molecule has 13 aromatic rings. The molecule has 0 saturated heterocycles. The molecule has 0 bridgehead atoms. The molecule has 4 heteroatoms. The van der Waals surface area contributed by atoms with Crippen LogP contribution in [0.25, 0.3) is 125 Å². The minimum absolute atomic E-state index is 0.0211. The molecule has 0 saturated carbocycles. The second-order valence-corrected chi connectivity index (χ2v) is 16.4. The quantitative estimate of drug-likeness (QED) is 0.132. The minimum atomic E-state index is 0.0211. The van der Waals surface area contributed by atoms with Crippen molar-refractivity contribution in [1.82, 2.24) is 8.97 Å².